The molecule has 4 heteroatoms. The lowest BCUT2D eigenvalue weighted by Crippen LogP contribution is -2.31. The molecule has 1 rings (SSSR count). The smallest absolute Gasteiger partial charge is 0.122 e. The Morgan fingerprint density at radius 3 is 2.78 bits per heavy atom. The van der Waals surface area contributed by atoms with Gasteiger partial charge in [0.05, 0.1) is 19.3 Å². The molecular weight excluding hydrogens is 230 g/mol. The van der Waals surface area contributed by atoms with Crippen LogP contribution >= 0.6 is 0 Å². The normalized spacial score (nSPS) is 12.4. The second-order valence-electron chi connectivity index (χ2n) is 4.30. The number of benzene rings is 1. The fourth-order valence-corrected chi connectivity index (χ4v) is 1.61. The Balaban J connectivity index is 2.51. The third-order valence-electron chi connectivity index (χ3n) is 2.67. The maximum absolute atomic E-state index is 8.83. The van der Waals surface area contributed by atoms with Crippen molar-refractivity contribution in [3.05, 3.63) is 29.3 Å². The Morgan fingerprint density at radius 2 is 2.17 bits per heavy atom. The van der Waals surface area contributed by atoms with Gasteiger partial charge in [0.15, 0.2) is 0 Å². The zero-order chi connectivity index (χ0) is 13.4. The van der Waals surface area contributed by atoms with Crippen molar-refractivity contribution < 1.29 is 14.6 Å². The number of hydrogen-bond acceptors (Lipinski definition) is 4. The summed E-state index contributed by atoms with van der Waals surface area (Å²) in [4.78, 5) is 0. The predicted octanol–water partition coefficient (Wildman–Crippen LogP) is 1.27. The minimum Gasteiger partial charge on any atom is -0.492 e. The van der Waals surface area contributed by atoms with E-state index in [-0.39, 0.29) is 12.6 Å². The van der Waals surface area contributed by atoms with Gasteiger partial charge in [-0.3, -0.25) is 0 Å². The number of aryl methyl sites for hydroxylation is 1. The van der Waals surface area contributed by atoms with Gasteiger partial charge < -0.3 is 20.3 Å². The number of ether oxygens (including phenoxy) is 2. The molecule has 0 aromatic heterocycles. The van der Waals surface area contributed by atoms with Crippen molar-refractivity contribution in [1.82, 2.24) is 0 Å². The molecule has 0 aliphatic rings. The first-order chi connectivity index (χ1) is 8.67. The van der Waals surface area contributed by atoms with Crippen LogP contribution in [0, 0.1) is 6.92 Å². The number of aliphatic hydroxyl groups is 1. The summed E-state index contributed by atoms with van der Waals surface area (Å²) >= 11 is 0. The van der Waals surface area contributed by atoms with Crippen LogP contribution in [0.25, 0.3) is 0 Å². The molecule has 0 aliphatic carbocycles. The number of hydrogen-bond donors (Lipinski definition) is 2. The minimum absolute atomic E-state index is 0.0640. The molecule has 0 aliphatic heterocycles. The van der Waals surface area contributed by atoms with E-state index in [1.165, 1.54) is 5.56 Å². The Labute approximate surface area is 109 Å². The molecule has 0 bridgehead atoms. The molecule has 0 fully saturated rings. The summed E-state index contributed by atoms with van der Waals surface area (Å²) in [5.74, 6) is 0.819. The van der Waals surface area contributed by atoms with E-state index in [1.807, 2.05) is 26.0 Å². The van der Waals surface area contributed by atoms with Gasteiger partial charge in [0.2, 0.25) is 0 Å². The lowest BCUT2D eigenvalue weighted by Gasteiger charge is -2.13. The van der Waals surface area contributed by atoms with E-state index < -0.39 is 0 Å². The van der Waals surface area contributed by atoms with Crippen molar-refractivity contribution in [2.45, 2.75) is 26.3 Å². The average molecular weight is 253 g/mol. The molecule has 18 heavy (non-hydrogen) atoms. The van der Waals surface area contributed by atoms with Crippen LogP contribution in [-0.4, -0.2) is 37.6 Å². The lowest BCUT2D eigenvalue weighted by atomic mass is 10.1. The number of aliphatic hydroxyl groups excluding tert-OH is 1. The van der Waals surface area contributed by atoms with Crippen LogP contribution in [0.2, 0.25) is 0 Å². The predicted molar refractivity (Wildman–Crippen MR) is 71.9 cm³/mol. The summed E-state index contributed by atoms with van der Waals surface area (Å²) < 4.78 is 10.9. The Hall–Kier alpha value is -1.10. The maximum atomic E-state index is 8.83. The number of rotatable bonds is 8. The molecule has 102 valence electrons. The van der Waals surface area contributed by atoms with Gasteiger partial charge in [-0.25, -0.2) is 0 Å². The standard InChI is InChI=1S/C14H23NO3/c1-3-17-7-6-12-4-5-14(11(2)8-12)18-10-13(15)9-16/h4-5,8,13,16H,3,6-7,9-10,15H2,1-2H3. The highest BCUT2D eigenvalue weighted by Crippen LogP contribution is 2.19. The van der Waals surface area contributed by atoms with E-state index in [0.29, 0.717) is 6.61 Å². The second-order valence-corrected chi connectivity index (χ2v) is 4.30. The molecule has 3 N–H and O–H groups in total. The minimum atomic E-state index is -0.331. The molecule has 1 aromatic carbocycles. The Kier molecular flexibility index (Phi) is 6.72. The van der Waals surface area contributed by atoms with Crippen molar-refractivity contribution in [1.29, 1.82) is 0 Å². The zero-order valence-electron chi connectivity index (χ0n) is 11.2. The Morgan fingerprint density at radius 1 is 1.39 bits per heavy atom. The van der Waals surface area contributed by atoms with Gasteiger partial charge in [0.25, 0.3) is 0 Å². The largest absolute Gasteiger partial charge is 0.492 e. The fraction of sp³-hybridized carbons (Fsp3) is 0.571. The SMILES string of the molecule is CCOCCc1ccc(OCC(N)CO)c(C)c1. The van der Waals surface area contributed by atoms with E-state index in [0.717, 1.165) is 30.9 Å². The molecular formula is C14H23NO3. The van der Waals surface area contributed by atoms with Crippen molar-refractivity contribution >= 4 is 0 Å². The van der Waals surface area contributed by atoms with Crippen LogP contribution in [0.5, 0.6) is 5.75 Å². The highest BCUT2D eigenvalue weighted by molar-refractivity contribution is 5.36. The van der Waals surface area contributed by atoms with E-state index >= 15 is 0 Å². The molecule has 4 nitrogen and oxygen atoms in total. The van der Waals surface area contributed by atoms with Crippen molar-refractivity contribution in [2.75, 3.05) is 26.4 Å². The van der Waals surface area contributed by atoms with Crippen LogP contribution in [0.1, 0.15) is 18.1 Å². The van der Waals surface area contributed by atoms with Gasteiger partial charge in [0, 0.05) is 6.61 Å². The number of nitrogens with two attached hydrogens (primary N) is 1. The van der Waals surface area contributed by atoms with Crippen molar-refractivity contribution in [3.63, 3.8) is 0 Å². The van der Waals surface area contributed by atoms with Gasteiger partial charge in [-0.15, -0.1) is 0 Å². The Bertz CT molecular complexity index is 355. The molecule has 1 unspecified atom stereocenters. The summed E-state index contributed by atoms with van der Waals surface area (Å²) in [6.07, 6.45) is 0.908. The van der Waals surface area contributed by atoms with Gasteiger partial charge in [-0.2, -0.15) is 0 Å². The van der Waals surface area contributed by atoms with Gasteiger partial charge in [0.1, 0.15) is 12.4 Å². The molecule has 0 heterocycles. The summed E-state index contributed by atoms with van der Waals surface area (Å²) in [5, 5.41) is 8.83. The van der Waals surface area contributed by atoms with Gasteiger partial charge in [-0.05, 0) is 37.5 Å². The van der Waals surface area contributed by atoms with Crippen LogP contribution in [0.3, 0.4) is 0 Å². The summed E-state index contributed by atoms with van der Waals surface area (Å²) in [6, 6.07) is 5.74. The highest BCUT2D eigenvalue weighted by Gasteiger charge is 2.05. The third kappa shape index (κ3) is 5.04. The van der Waals surface area contributed by atoms with Gasteiger partial charge in [-0.1, -0.05) is 12.1 Å². The summed E-state index contributed by atoms with van der Waals surface area (Å²) in [5.41, 5.74) is 7.90. The molecule has 0 saturated heterocycles. The summed E-state index contributed by atoms with van der Waals surface area (Å²) in [7, 11) is 0. The lowest BCUT2D eigenvalue weighted by molar-refractivity contribution is 0.151. The van der Waals surface area contributed by atoms with Crippen molar-refractivity contribution in [2.24, 2.45) is 5.73 Å². The van der Waals surface area contributed by atoms with Gasteiger partial charge >= 0.3 is 0 Å². The quantitative estimate of drug-likeness (QED) is 0.685. The fourth-order valence-electron chi connectivity index (χ4n) is 1.61. The first-order valence-electron chi connectivity index (χ1n) is 6.33. The van der Waals surface area contributed by atoms with Crippen molar-refractivity contribution in [3.8, 4) is 5.75 Å². The maximum Gasteiger partial charge on any atom is 0.122 e. The van der Waals surface area contributed by atoms with Crippen LogP contribution < -0.4 is 10.5 Å². The molecule has 0 amide bonds. The van der Waals surface area contributed by atoms with E-state index in [4.69, 9.17) is 20.3 Å². The first-order valence-corrected chi connectivity index (χ1v) is 6.33. The molecule has 1 aromatic rings. The van der Waals surface area contributed by atoms with Crippen LogP contribution in [-0.2, 0) is 11.2 Å². The van der Waals surface area contributed by atoms with Crippen LogP contribution in [0.15, 0.2) is 18.2 Å². The highest BCUT2D eigenvalue weighted by atomic mass is 16.5. The molecule has 0 spiro atoms. The van der Waals surface area contributed by atoms with Crippen LogP contribution in [0.4, 0.5) is 0 Å². The molecule has 0 saturated carbocycles. The average Bonchev–Trinajstić information content (AvgIpc) is 2.37. The van der Waals surface area contributed by atoms with E-state index in [9.17, 15) is 0 Å². The molecule has 1 atom stereocenters. The topological polar surface area (TPSA) is 64.7 Å². The monoisotopic (exact) mass is 253 g/mol. The summed E-state index contributed by atoms with van der Waals surface area (Å²) in [6.45, 7) is 5.75. The van der Waals surface area contributed by atoms with E-state index in [2.05, 4.69) is 6.07 Å². The van der Waals surface area contributed by atoms with E-state index in [1.54, 1.807) is 0 Å². The second kappa shape index (κ2) is 8.08. The molecule has 0 radical (unpaired) electrons. The zero-order valence-corrected chi connectivity index (χ0v) is 11.2. The first kappa shape index (κ1) is 15.0. The third-order valence-corrected chi connectivity index (χ3v) is 2.67.